The van der Waals surface area contributed by atoms with E-state index in [4.69, 9.17) is 9.84 Å². The summed E-state index contributed by atoms with van der Waals surface area (Å²) < 4.78 is 5.05. The van der Waals surface area contributed by atoms with Crippen LogP contribution in [0.3, 0.4) is 0 Å². The topological polar surface area (TPSA) is 105 Å². The van der Waals surface area contributed by atoms with Crippen molar-refractivity contribution in [2.24, 2.45) is 0 Å². The highest BCUT2D eigenvalue weighted by Gasteiger charge is 2.41. The molecule has 1 saturated heterocycles. The molecule has 7 heteroatoms. The Morgan fingerprint density at radius 3 is 2.50 bits per heavy atom. The molecule has 1 fully saturated rings. The number of hydrogen-bond donors (Lipinski definition) is 3. The van der Waals surface area contributed by atoms with Gasteiger partial charge in [-0.15, -0.1) is 0 Å². The highest BCUT2D eigenvalue weighted by atomic mass is 16.5. The molecule has 0 spiro atoms. The Kier molecular flexibility index (Phi) is 4.24. The summed E-state index contributed by atoms with van der Waals surface area (Å²) in [4.78, 5) is 32.5. The predicted octanol–water partition coefficient (Wildman–Crippen LogP) is -1.52. The molecule has 1 aliphatic heterocycles. The second-order valence-electron chi connectivity index (χ2n) is 3.55. The quantitative estimate of drug-likeness (QED) is 0.498. The van der Waals surface area contributed by atoms with Gasteiger partial charge in [0.2, 0.25) is 12.3 Å². The summed E-state index contributed by atoms with van der Waals surface area (Å²) >= 11 is 0. The van der Waals surface area contributed by atoms with Crippen LogP contribution in [0.2, 0.25) is 0 Å². The summed E-state index contributed by atoms with van der Waals surface area (Å²) in [5.74, 6) is -1.59. The zero-order valence-electron chi connectivity index (χ0n) is 8.69. The Hall–Kier alpha value is -1.63. The first-order valence-corrected chi connectivity index (χ1v) is 4.90. The third kappa shape index (κ3) is 2.93. The monoisotopic (exact) mass is 230 g/mol. The molecule has 2 amide bonds. The molecule has 1 rings (SSSR count). The number of hydrogen-bond acceptors (Lipinski definition) is 4. The number of ether oxygens (including phenoxy) is 1. The molecule has 3 N–H and O–H groups in total. The molecule has 0 aromatic heterocycles. The molecule has 0 saturated carbocycles. The maximum Gasteiger partial charge on any atom is 0.329 e. The molecule has 0 aliphatic carbocycles. The molecule has 0 bridgehead atoms. The molecule has 1 heterocycles. The van der Waals surface area contributed by atoms with Gasteiger partial charge in [-0.1, -0.05) is 0 Å². The number of carbonyl (C=O) groups excluding carboxylic acids is 2. The zero-order valence-corrected chi connectivity index (χ0v) is 8.69. The maximum absolute atomic E-state index is 11.3. The summed E-state index contributed by atoms with van der Waals surface area (Å²) in [6.45, 7) is 0.376. The molecular formula is C9H14N2O5. The van der Waals surface area contributed by atoms with Gasteiger partial charge in [0.05, 0.1) is 6.54 Å². The maximum atomic E-state index is 11.3. The summed E-state index contributed by atoms with van der Waals surface area (Å²) in [5, 5.41) is 13.7. The number of amides is 2. The second kappa shape index (κ2) is 5.45. The van der Waals surface area contributed by atoms with Gasteiger partial charge in [-0.3, -0.25) is 9.59 Å². The standard InChI is InChI=1S/C9H14N2O5/c12-6-10-5-7(13)11-9(8(14)15)1-3-16-4-2-9/h6H,1-5H2,(H,10,12)(H,11,13)(H,14,15). The van der Waals surface area contributed by atoms with Crippen LogP contribution in [0.4, 0.5) is 0 Å². The van der Waals surface area contributed by atoms with Gasteiger partial charge in [-0.25, -0.2) is 4.79 Å². The van der Waals surface area contributed by atoms with Gasteiger partial charge in [-0.05, 0) is 0 Å². The van der Waals surface area contributed by atoms with Gasteiger partial charge in [0.1, 0.15) is 5.54 Å². The van der Waals surface area contributed by atoms with Crippen molar-refractivity contribution in [3.63, 3.8) is 0 Å². The van der Waals surface area contributed by atoms with Crippen molar-refractivity contribution in [1.82, 2.24) is 10.6 Å². The lowest BCUT2D eigenvalue weighted by molar-refractivity contribution is -0.152. The first kappa shape index (κ1) is 12.4. The smallest absolute Gasteiger partial charge is 0.329 e. The van der Waals surface area contributed by atoms with E-state index in [1.807, 2.05) is 0 Å². The molecule has 0 radical (unpaired) electrons. The van der Waals surface area contributed by atoms with E-state index < -0.39 is 17.4 Å². The molecule has 0 atom stereocenters. The fourth-order valence-corrected chi connectivity index (χ4v) is 1.56. The van der Waals surface area contributed by atoms with Crippen LogP contribution < -0.4 is 10.6 Å². The van der Waals surface area contributed by atoms with Crippen LogP contribution in [-0.2, 0) is 19.1 Å². The van der Waals surface area contributed by atoms with Crippen LogP contribution in [0.15, 0.2) is 0 Å². The van der Waals surface area contributed by atoms with Crippen LogP contribution >= 0.6 is 0 Å². The Bertz CT molecular complexity index is 286. The third-order valence-corrected chi connectivity index (χ3v) is 2.48. The number of carbonyl (C=O) groups is 3. The van der Waals surface area contributed by atoms with Crippen molar-refractivity contribution in [3.05, 3.63) is 0 Å². The van der Waals surface area contributed by atoms with Crippen LogP contribution in [0.25, 0.3) is 0 Å². The van der Waals surface area contributed by atoms with Gasteiger partial charge >= 0.3 is 5.97 Å². The van der Waals surface area contributed by atoms with Crippen molar-refractivity contribution in [2.45, 2.75) is 18.4 Å². The Morgan fingerprint density at radius 1 is 1.38 bits per heavy atom. The van der Waals surface area contributed by atoms with Crippen LogP contribution in [-0.4, -0.2) is 48.7 Å². The minimum atomic E-state index is -1.26. The molecular weight excluding hydrogens is 216 g/mol. The average molecular weight is 230 g/mol. The first-order chi connectivity index (χ1) is 7.60. The second-order valence-corrected chi connectivity index (χ2v) is 3.55. The van der Waals surface area contributed by atoms with E-state index in [1.54, 1.807) is 0 Å². The van der Waals surface area contributed by atoms with E-state index >= 15 is 0 Å². The van der Waals surface area contributed by atoms with E-state index in [-0.39, 0.29) is 19.4 Å². The predicted molar refractivity (Wildman–Crippen MR) is 52.6 cm³/mol. The lowest BCUT2D eigenvalue weighted by Crippen LogP contribution is -2.58. The molecule has 90 valence electrons. The summed E-state index contributed by atoms with van der Waals surface area (Å²) in [7, 11) is 0. The van der Waals surface area contributed by atoms with Gasteiger partial charge in [0, 0.05) is 26.1 Å². The fourth-order valence-electron chi connectivity index (χ4n) is 1.56. The van der Waals surface area contributed by atoms with Crippen LogP contribution in [0.5, 0.6) is 0 Å². The first-order valence-electron chi connectivity index (χ1n) is 4.90. The molecule has 1 aliphatic rings. The lowest BCUT2D eigenvalue weighted by atomic mass is 9.90. The number of nitrogens with one attached hydrogen (secondary N) is 2. The summed E-state index contributed by atoms with van der Waals surface area (Å²) in [6.07, 6.45) is 0.849. The number of rotatable bonds is 5. The van der Waals surface area contributed by atoms with E-state index in [9.17, 15) is 14.4 Å². The highest BCUT2D eigenvalue weighted by molar-refractivity contribution is 5.88. The minimum absolute atomic E-state index is 0.223. The van der Waals surface area contributed by atoms with E-state index in [1.165, 1.54) is 0 Å². The molecule has 0 unspecified atom stereocenters. The minimum Gasteiger partial charge on any atom is -0.480 e. The lowest BCUT2D eigenvalue weighted by Gasteiger charge is -2.33. The van der Waals surface area contributed by atoms with E-state index in [2.05, 4.69) is 10.6 Å². The van der Waals surface area contributed by atoms with Gasteiger partial charge < -0.3 is 20.5 Å². The van der Waals surface area contributed by atoms with Crippen molar-refractivity contribution in [1.29, 1.82) is 0 Å². The third-order valence-electron chi connectivity index (χ3n) is 2.48. The van der Waals surface area contributed by atoms with Crippen molar-refractivity contribution < 1.29 is 24.2 Å². The highest BCUT2D eigenvalue weighted by Crippen LogP contribution is 2.20. The van der Waals surface area contributed by atoms with E-state index in [0.29, 0.717) is 19.6 Å². The zero-order chi connectivity index (χ0) is 12.0. The van der Waals surface area contributed by atoms with Gasteiger partial charge in [0.25, 0.3) is 0 Å². The molecule has 0 aromatic carbocycles. The largest absolute Gasteiger partial charge is 0.480 e. The fraction of sp³-hybridized carbons (Fsp3) is 0.667. The molecule has 16 heavy (non-hydrogen) atoms. The number of carboxylic acid groups (broad SMARTS) is 1. The van der Waals surface area contributed by atoms with Crippen LogP contribution in [0, 0.1) is 0 Å². The van der Waals surface area contributed by atoms with Crippen molar-refractivity contribution in [3.8, 4) is 0 Å². The summed E-state index contributed by atoms with van der Waals surface area (Å²) in [5.41, 5.74) is -1.26. The van der Waals surface area contributed by atoms with Crippen molar-refractivity contribution in [2.75, 3.05) is 19.8 Å². The molecule has 0 aromatic rings. The molecule has 7 nitrogen and oxygen atoms in total. The van der Waals surface area contributed by atoms with Crippen LogP contribution in [0.1, 0.15) is 12.8 Å². The van der Waals surface area contributed by atoms with Gasteiger partial charge in [0.15, 0.2) is 0 Å². The Morgan fingerprint density at radius 2 is 2.00 bits per heavy atom. The Balaban J connectivity index is 2.60. The number of carboxylic acids is 1. The van der Waals surface area contributed by atoms with Gasteiger partial charge in [-0.2, -0.15) is 0 Å². The Labute approximate surface area is 92.1 Å². The SMILES string of the molecule is O=CNCC(=O)NC1(C(=O)O)CCOCC1. The van der Waals surface area contributed by atoms with E-state index in [0.717, 1.165) is 0 Å². The number of aliphatic carboxylic acids is 1. The normalized spacial score (nSPS) is 18.5. The van der Waals surface area contributed by atoms with Crippen molar-refractivity contribution >= 4 is 18.3 Å². The summed E-state index contributed by atoms with van der Waals surface area (Å²) in [6, 6.07) is 0. The average Bonchev–Trinajstić information content (AvgIpc) is 2.27.